The van der Waals surface area contributed by atoms with E-state index in [1.54, 1.807) is 0 Å². The molecule has 1 aromatic heterocycles. The average Bonchev–Trinajstić information content (AvgIpc) is 2.92. The molecule has 0 aromatic carbocycles. The van der Waals surface area contributed by atoms with E-state index in [4.69, 9.17) is 5.11 Å². The number of halogens is 2. The van der Waals surface area contributed by atoms with E-state index >= 15 is 0 Å². The predicted molar refractivity (Wildman–Crippen MR) is 57.1 cm³/mol. The van der Waals surface area contributed by atoms with Crippen molar-refractivity contribution in [2.45, 2.75) is 13.0 Å². The molecular formula is C9H9F2N5O4. The highest BCUT2D eigenvalue weighted by molar-refractivity contribution is 6.01. The molecular weight excluding hydrogens is 280 g/mol. The van der Waals surface area contributed by atoms with Gasteiger partial charge in [0.25, 0.3) is 6.43 Å². The summed E-state index contributed by atoms with van der Waals surface area (Å²) in [4.78, 5) is 34.1. The molecule has 0 aliphatic carbocycles. The number of hydrogen-bond donors (Lipinski definition) is 2. The summed E-state index contributed by atoms with van der Waals surface area (Å²) in [6, 6.07) is -0.632. The number of aromatic carboxylic acids is 1. The minimum Gasteiger partial charge on any atom is -0.476 e. The van der Waals surface area contributed by atoms with Crippen LogP contribution in [0.15, 0.2) is 0 Å². The number of carboxylic acid groups (broad SMARTS) is 1. The maximum absolute atomic E-state index is 12.8. The summed E-state index contributed by atoms with van der Waals surface area (Å²) >= 11 is 0. The highest BCUT2D eigenvalue weighted by Gasteiger charge is 2.30. The van der Waals surface area contributed by atoms with Crippen molar-refractivity contribution in [3.8, 4) is 0 Å². The monoisotopic (exact) mass is 289 g/mol. The summed E-state index contributed by atoms with van der Waals surface area (Å²) in [6.45, 7) is -0.621. The summed E-state index contributed by atoms with van der Waals surface area (Å²) in [7, 11) is 0. The van der Waals surface area contributed by atoms with Gasteiger partial charge in [-0.2, -0.15) is 0 Å². The molecule has 2 heterocycles. The largest absolute Gasteiger partial charge is 0.476 e. The fourth-order valence-electron chi connectivity index (χ4n) is 1.73. The van der Waals surface area contributed by atoms with Gasteiger partial charge in [-0.25, -0.2) is 23.1 Å². The lowest BCUT2D eigenvalue weighted by Gasteiger charge is -2.13. The minimum absolute atomic E-state index is 0.154. The zero-order chi connectivity index (χ0) is 14.9. The van der Waals surface area contributed by atoms with Gasteiger partial charge in [0, 0.05) is 0 Å². The molecule has 0 spiro atoms. The maximum Gasteiger partial charge on any atom is 0.358 e. The van der Waals surface area contributed by atoms with E-state index in [1.165, 1.54) is 0 Å². The number of carbonyl (C=O) groups is 3. The first-order valence-electron chi connectivity index (χ1n) is 5.45. The lowest BCUT2D eigenvalue weighted by Crippen LogP contribution is -2.34. The zero-order valence-corrected chi connectivity index (χ0v) is 9.92. The third-order valence-corrected chi connectivity index (χ3v) is 2.66. The van der Waals surface area contributed by atoms with Crippen molar-refractivity contribution in [2.75, 3.05) is 13.1 Å². The Bertz CT molecular complexity index is 557. The number of carboxylic acids is 1. The maximum atomic E-state index is 12.8. The van der Waals surface area contributed by atoms with Crippen molar-refractivity contribution in [3.05, 3.63) is 11.4 Å². The third-order valence-electron chi connectivity index (χ3n) is 2.66. The third kappa shape index (κ3) is 2.41. The van der Waals surface area contributed by atoms with E-state index in [1.807, 2.05) is 0 Å². The number of nitrogens with zero attached hydrogens (tertiary/aromatic N) is 4. The first kappa shape index (κ1) is 13.8. The Morgan fingerprint density at radius 3 is 2.60 bits per heavy atom. The summed E-state index contributed by atoms with van der Waals surface area (Å²) in [5.74, 6) is -2.12. The predicted octanol–water partition coefficient (Wildman–Crippen LogP) is -0.534. The molecule has 0 bridgehead atoms. The van der Waals surface area contributed by atoms with Gasteiger partial charge in [-0.05, 0) is 0 Å². The van der Waals surface area contributed by atoms with Crippen molar-refractivity contribution < 1.29 is 28.3 Å². The molecule has 2 rings (SSSR count). The number of alkyl halides is 2. The van der Waals surface area contributed by atoms with Crippen molar-refractivity contribution in [3.63, 3.8) is 0 Å². The summed E-state index contributed by atoms with van der Waals surface area (Å²) in [6.07, 6.45) is -3.08. The second-order valence-corrected chi connectivity index (χ2v) is 3.86. The van der Waals surface area contributed by atoms with Crippen LogP contribution in [0.1, 0.15) is 22.6 Å². The Hall–Kier alpha value is -2.59. The number of imide groups is 1. The molecule has 108 valence electrons. The first-order valence-corrected chi connectivity index (χ1v) is 5.45. The van der Waals surface area contributed by atoms with Gasteiger partial charge in [0.15, 0.2) is 5.69 Å². The van der Waals surface area contributed by atoms with Gasteiger partial charge >= 0.3 is 12.0 Å². The molecule has 1 aromatic rings. The van der Waals surface area contributed by atoms with Crippen LogP contribution in [-0.2, 0) is 11.3 Å². The smallest absolute Gasteiger partial charge is 0.358 e. The van der Waals surface area contributed by atoms with Crippen LogP contribution in [0.25, 0.3) is 0 Å². The fourth-order valence-corrected chi connectivity index (χ4v) is 1.73. The standard InChI is InChI=1S/C9H9F2N5O4/c10-7(11)6-5(8(18)19)13-14-16(6)2-1-15-4(17)3-12-9(15)20/h7H,1-3H2,(H,12,20)(H,18,19). The SMILES string of the molecule is O=C(O)c1nnn(CCN2C(=O)CNC2=O)c1C(F)F. The number of nitrogens with one attached hydrogen (secondary N) is 1. The van der Waals surface area contributed by atoms with Gasteiger partial charge < -0.3 is 10.4 Å². The Morgan fingerprint density at radius 2 is 2.10 bits per heavy atom. The van der Waals surface area contributed by atoms with Gasteiger partial charge in [0.1, 0.15) is 5.69 Å². The van der Waals surface area contributed by atoms with Gasteiger partial charge in [0.2, 0.25) is 5.91 Å². The molecule has 9 nitrogen and oxygen atoms in total. The van der Waals surface area contributed by atoms with Crippen molar-refractivity contribution in [2.24, 2.45) is 0 Å². The molecule has 0 atom stereocenters. The molecule has 11 heteroatoms. The topological polar surface area (TPSA) is 117 Å². The van der Waals surface area contributed by atoms with E-state index in [2.05, 4.69) is 15.6 Å². The minimum atomic E-state index is -3.08. The normalized spacial score (nSPS) is 15.1. The Balaban J connectivity index is 2.16. The van der Waals surface area contributed by atoms with E-state index in [9.17, 15) is 23.2 Å². The van der Waals surface area contributed by atoms with Crippen LogP contribution < -0.4 is 5.32 Å². The lowest BCUT2D eigenvalue weighted by molar-refractivity contribution is -0.125. The summed E-state index contributed by atoms with van der Waals surface area (Å²) < 4.78 is 26.3. The quantitative estimate of drug-likeness (QED) is 0.703. The van der Waals surface area contributed by atoms with Gasteiger partial charge in [-0.3, -0.25) is 9.69 Å². The molecule has 1 saturated heterocycles. The van der Waals surface area contributed by atoms with Gasteiger partial charge in [-0.15, -0.1) is 5.10 Å². The Morgan fingerprint density at radius 1 is 1.40 bits per heavy atom. The van der Waals surface area contributed by atoms with E-state index in [0.29, 0.717) is 4.68 Å². The van der Waals surface area contributed by atoms with Crippen LogP contribution in [0.3, 0.4) is 0 Å². The van der Waals surface area contributed by atoms with Crippen LogP contribution in [0.2, 0.25) is 0 Å². The Kier molecular flexibility index (Phi) is 3.59. The molecule has 0 saturated carbocycles. The van der Waals surface area contributed by atoms with Crippen molar-refractivity contribution in [1.29, 1.82) is 0 Å². The van der Waals surface area contributed by atoms with E-state index < -0.39 is 35.7 Å². The number of urea groups is 1. The van der Waals surface area contributed by atoms with Crippen LogP contribution in [-0.4, -0.2) is 56.0 Å². The number of hydrogen-bond acceptors (Lipinski definition) is 5. The second kappa shape index (κ2) is 5.19. The molecule has 1 aliphatic rings. The number of carbonyl (C=O) groups excluding carboxylic acids is 2. The number of amides is 3. The highest BCUT2D eigenvalue weighted by atomic mass is 19.3. The van der Waals surface area contributed by atoms with E-state index in [-0.39, 0.29) is 19.6 Å². The number of aromatic nitrogens is 3. The van der Waals surface area contributed by atoms with Crippen molar-refractivity contribution in [1.82, 2.24) is 25.2 Å². The average molecular weight is 289 g/mol. The first-order chi connectivity index (χ1) is 9.41. The second-order valence-electron chi connectivity index (χ2n) is 3.86. The zero-order valence-electron chi connectivity index (χ0n) is 9.92. The molecule has 1 fully saturated rings. The Labute approximate surface area is 110 Å². The lowest BCUT2D eigenvalue weighted by atomic mass is 10.3. The van der Waals surface area contributed by atoms with Gasteiger partial charge in [-0.1, -0.05) is 5.21 Å². The molecule has 20 heavy (non-hydrogen) atoms. The highest BCUT2D eigenvalue weighted by Crippen LogP contribution is 2.21. The molecule has 0 radical (unpaired) electrons. The van der Waals surface area contributed by atoms with Crippen LogP contribution in [0.5, 0.6) is 0 Å². The van der Waals surface area contributed by atoms with Crippen LogP contribution >= 0.6 is 0 Å². The summed E-state index contributed by atoms with van der Waals surface area (Å²) in [5, 5.41) is 17.4. The van der Waals surface area contributed by atoms with Gasteiger partial charge in [0.05, 0.1) is 19.6 Å². The molecule has 1 aliphatic heterocycles. The van der Waals surface area contributed by atoms with E-state index in [0.717, 1.165) is 4.90 Å². The fraction of sp³-hybridized carbons (Fsp3) is 0.444. The summed E-state index contributed by atoms with van der Waals surface area (Å²) in [5.41, 5.74) is -1.71. The number of rotatable bonds is 5. The molecule has 3 amide bonds. The van der Waals surface area contributed by atoms with Crippen LogP contribution in [0, 0.1) is 0 Å². The van der Waals surface area contributed by atoms with Crippen LogP contribution in [0.4, 0.5) is 13.6 Å². The van der Waals surface area contributed by atoms with Crippen molar-refractivity contribution >= 4 is 17.9 Å². The molecule has 0 unspecified atom stereocenters. The molecule has 2 N–H and O–H groups in total.